The lowest BCUT2D eigenvalue weighted by Gasteiger charge is -2.17. The number of nitrogens with one attached hydrogen (secondary N) is 1. The fraction of sp³-hybridized carbons (Fsp3) is 0.417. The highest BCUT2D eigenvalue weighted by molar-refractivity contribution is 6.02. The minimum Gasteiger partial charge on any atom is -0.478 e. The van der Waals surface area contributed by atoms with E-state index in [2.05, 4.69) is 9.97 Å². The highest BCUT2D eigenvalue weighted by Gasteiger charge is 2.44. The number of hydrogen-bond acceptors (Lipinski definition) is 8. The van der Waals surface area contributed by atoms with Crippen molar-refractivity contribution >= 4 is 23.0 Å². The van der Waals surface area contributed by atoms with Gasteiger partial charge in [0.25, 0.3) is 5.56 Å². The molecule has 0 bridgehead atoms. The van der Waals surface area contributed by atoms with Crippen LogP contribution < -0.4 is 11.3 Å². The van der Waals surface area contributed by atoms with Crippen molar-refractivity contribution in [1.29, 1.82) is 0 Å². The fourth-order valence-corrected chi connectivity index (χ4v) is 2.64. The smallest absolute Gasteiger partial charge is 0.338 e. The molecule has 1 aliphatic rings. The summed E-state index contributed by atoms with van der Waals surface area (Å²) in [7, 11) is 0. The Morgan fingerprint density at radius 1 is 1.43 bits per heavy atom. The average molecular weight is 326 g/mol. The number of aromatic nitrogens is 3. The second-order valence-corrected chi connectivity index (χ2v) is 5.13. The van der Waals surface area contributed by atoms with Gasteiger partial charge in [-0.25, -0.2) is 4.79 Å². The van der Waals surface area contributed by atoms with Gasteiger partial charge in [0.05, 0.1) is 17.6 Å². The molecule has 11 heteroatoms. The standard InChI is InChI=1S/C12H14N4O7/c13-12-14-8-5(9(20)15-12)3(11(21)22)1-16(8)10-7(19)6(18)4(2-17)23-10/h1,4,6-7,10,17-19H,2H2,(H,21,22)(H3,13,14,15,20). The Morgan fingerprint density at radius 3 is 2.70 bits per heavy atom. The first-order chi connectivity index (χ1) is 10.8. The molecule has 0 amide bonds. The molecule has 0 aromatic carbocycles. The van der Waals surface area contributed by atoms with Crippen molar-refractivity contribution in [3.8, 4) is 0 Å². The Bertz CT molecular complexity index is 829. The van der Waals surface area contributed by atoms with Gasteiger partial charge in [-0.05, 0) is 0 Å². The summed E-state index contributed by atoms with van der Waals surface area (Å²) in [5.74, 6) is -1.62. The zero-order valence-electron chi connectivity index (χ0n) is 11.6. The first kappa shape index (κ1) is 15.4. The number of nitrogens with zero attached hydrogens (tertiary/aromatic N) is 2. The van der Waals surface area contributed by atoms with Crippen molar-refractivity contribution in [3.05, 3.63) is 22.1 Å². The number of carboxylic acids is 1. The largest absolute Gasteiger partial charge is 0.478 e. The summed E-state index contributed by atoms with van der Waals surface area (Å²) in [5, 5.41) is 38.0. The van der Waals surface area contributed by atoms with Gasteiger partial charge in [-0.15, -0.1) is 0 Å². The Kier molecular flexibility index (Phi) is 3.56. The number of fused-ring (bicyclic) bond motifs is 1. The molecule has 7 N–H and O–H groups in total. The topological polar surface area (TPSA) is 184 Å². The number of hydrogen-bond donors (Lipinski definition) is 6. The Hall–Kier alpha value is -2.47. The maximum absolute atomic E-state index is 12.0. The second-order valence-electron chi connectivity index (χ2n) is 5.13. The van der Waals surface area contributed by atoms with Gasteiger partial charge < -0.3 is 35.5 Å². The number of anilines is 1. The summed E-state index contributed by atoms with van der Waals surface area (Å²) in [4.78, 5) is 29.4. The van der Waals surface area contributed by atoms with Crippen molar-refractivity contribution in [3.63, 3.8) is 0 Å². The molecular weight excluding hydrogens is 312 g/mol. The molecule has 23 heavy (non-hydrogen) atoms. The molecule has 4 unspecified atom stereocenters. The summed E-state index contributed by atoms with van der Waals surface area (Å²) in [5.41, 5.74) is 4.25. The zero-order valence-corrected chi connectivity index (χ0v) is 11.6. The minimum atomic E-state index is -1.45. The monoisotopic (exact) mass is 326 g/mol. The van der Waals surface area contributed by atoms with Gasteiger partial charge in [0.15, 0.2) is 11.9 Å². The third-order valence-corrected chi connectivity index (χ3v) is 3.72. The van der Waals surface area contributed by atoms with Crippen LogP contribution in [0.25, 0.3) is 11.0 Å². The first-order valence-electron chi connectivity index (χ1n) is 6.61. The molecule has 3 heterocycles. The number of aromatic carboxylic acids is 1. The van der Waals surface area contributed by atoms with Crippen LogP contribution in [0.4, 0.5) is 5.95 Å². The van der Waals surface area contributed by atoms with Gasteiger partial charge in [-0.2, -0.15) is 4.98 Å². The van der Waals surface area contributed by atoms with Crippen molar-refractivity contribution < 1.29 is 30.0 Å². The molecular formula is C12H14N4O7. The number of ether oxygens (including phenoxy) is 1. The van der Waals surface area contributed by atoms with Crippen LogP contribution in [0.2, 0.25) is 0 Å². The summed E-state index contributed by atoms with van der Waals surface area (Å²) in [6, 6.07) is 0. The van der Waals surface area contributed by atoms with E-state index in [1.165, 1.54) is 0 Å². The molecule has 4 atom stereocenters. The summed E-state index contributed by atoms with van der Waals surface area (Å²) >= 11 is 0. The van der Waals surface area contributed by atoms with Crippen LogP contribution in [0.1, 0.15) is 16.6 Å². The van der Waals surface area contributed by atoms with Crippen molar-refractivity contribution in [2.24, 2.45) is 0 Å². The second kappa shape index (κ2) is 5.31. The Morgan fingerprint density at radius 2 is 2.13 bits per heavy atom. The van der Waals surface area contributed by atoms with Crippen LogP contribution in [0.5, 0.6) is 0 Å². The van der Waals surface area contributed by atoms with Crippen LogP contribution >= 0.6 is 0 Å². The normalized spacial score (nSPS) is 27.6. The van der Waals surface area contributed by atoms with Crippen LogP contribution in [0.15, 0.2) is 11.0 Å². The van der Waals surface area contributed by atoms with E-state index in [1.54, 1.807) is 0 Å². The number of nitrogens with two attached hydrogens (primary N) is 1. The van der Waals surface area contributed by atoms with E-state index in [0.29, 0.717) is 0 Å². The molecule has 3 rings (SSSR count). The molecule has 1 fully saturated rings. The van der Waals surface area contributed by atoms with Crippen LogP contribution in [0.3, 0.4) is 0 Å². The molecule has 2 aromatic rings. The highest BCUT2D eigenvalue weighted by atomic mass is 16.6. The Balaban J connectivity index is 2.23. The summed E-state index contributed by atoms with van der Waals surface area (Å²) < 4.78 is 6.43. The van der Waals surface area contributed by atoms with Crippen molar-refractivity contribution in [1.82, 2.24) is 14.5 Å². The number of carboxylic acid groups (broad SMARTS) is 1. The lowest BCUT2D eigenvalue weighted by molar-refractivity contribution is -0.0509. The molecule has 124 valence electrons. The molecule has 2 aromatic heterocycles. The molecule has 1 saturated heterocycles. The molecule has 1 aliphatic heterocycles. The quantitative estimate of drug-likeness (QED) is 0.358. The van der Waals surface area contributed by atoms with Crippen LogP contribution in [-0.2, 0) is 4.74 Å². The predicted molar refractivity (Wildman–Crippen MR) is 74.7 cm³/mol. The van der Waals surface area contributed by atoms with Gasteiger partial charge in [0, 0.05) is 6.20 Å². The van der Waals surface area contributed by atoms with Gasteiger partial charge in [0.2, 0.25) is 5.95 Å². The number of aliphatic hydroxyl groups is 3. The number of rotatable bonds is 3. The third-order valence-electron chi connectivity index (χ3n) is 3.72. The van der Waals surface area contributed by atoms with Gasteiger partial charge in [-0.3, -0.25) is 9.78 Å². The van der Waals surface area contributed by atoms with Crippen molar-refractivity contribution in [2.45, 2.75) is 24.5 Å². The van der Waals surface area contributed by atoms with Gasteiger partial charge in [0.1, 0.15) is 18.3 Å². The van der Waals surface area contributed by atoms with E-state index < -0.39 is 42.7 Å². The molecule has 11 nitrogen and oxygen atoms in total. The van der Waals surface area contributed by atoms with E-state index in [0.717, 1.165) is 10.8 Å². The molecule has 0 radical (unpaired) electrons. The number of nitrogen functional groups attached to an aromatic ring is 1. The van der Waals surface area contributed by atoms with Crippen LogP contribution in [-0.4, -0.2) is 65.8 Å². The van der Waals surface area contributed by atoms with E-state index in [-0.39, 0.29) is 22.5 Å². The van der Waals surface area contributed by atoms with Crippen LogP contribution in [0, 0.1) is 0 Å². The number of aliphatic hydroxyl groups excluding tert-OH is 3. The maximum Gasteiger partial charge on any atom is 0.338 e. The SMILES string of the molecule is Nc1nc2c(c(C(=O)O)cn2C2OC(CO)C(O)C2O)c(=O)[nH]1. The number of aromatic amines is 1. The number of H-pyrrole nitrogens is 1. The maximum atomic E-state index is 12.0. The van der Waals surface area contributed by atoms with E-state index in [1.807, 2.05) is 0 Å². The Labute approximate surface area is 127 Å². The fourth-order valence-electron chi connectivity index (χ4n) is 2.64. The summed E-state index contributed by atoms with van der Waals surface area (Å²) in [6.45, 7) is -0.546. The molecule has 0 spiro atoms. The predicted octanol–water partition coefficient (Wildman–Crippen LogP) is -2.38. The van der Waals surface area contributed by atoms with Gasteiger partial charge >= 0.3 is 5.97 Å². The molecule has 0 saturated carbocycles. The zero-order chi connectivity index (χ0) is 16.9. The lowest BCUT2D eigenvalue weighted by atomic mass is 10.1. The first-order valence-corrected chi connectivity index (χ1v) is 6.61. The minimum absolute atomic E-state index is 0.113. The number of carbonyl (C=O) groups is 1. The molecule has 0 aliphatic carbocycles. The van der Waals surface area contributed by atoms with Gasteiger partial charge in [-0.1, -0.05) is 0 Å². The highest BCUT2D eigenvalue weighted by Crippen LogP contribution is 2.32. The summed E-state index contributed by atoms with van der Waals surface area (Å²) in [6.07, 6.45) is -4.05. The third kappa shape index (κ3) is 2.26. The van der Waals surface area contributed by atoms with Crippen molar-refractivity contribution in [2.75, 3.05) is 12.3 Å². The van der Waals surface area contributed by atoms with E-state index in [4.69, 9.17) is 15.6 Å². The lowest BCUT2D eigenvalue weighted by Crippen LogP contribution is -2.33. The van der Waals surface area contributed by atoms with E-state index >= 15 is 0 Å². The van der Waals surface area contributed by atoms with E-state index in [9.17, 15) is 24.9 Å². The average Bonchev–Trinajstić information content (AvgIpc) is 2.99.